The van der Waals surface area contributed by atoms with Crippen molar-refractivity contribution in [1.82, 2.24) is 10.2 Å². The fourth-order valence-corrected chi connectivity index (χ4v) is 2.49. The van der Waals surface area contributed by atoms with Crippen molar-refractivity contribution >= 4 is 27.8 Å². The summed E-state index contributed by atoms with van der Waals surface area (Å²) in [6.45, 7) is 5.14. The molecule has 5 heteroatoms. The number of hydrogen-bond donors (Lipinski definition) is 1. The lowest BCUT2D eigenvalue weighted by Gasteiger charge is -2.01. The molecule has 0 spiro atoms. The van der Waals surface area contributed by atoms with Gasteiger partial charge in [-0.3, -0.25) is 0 Å². The van der Waals surface area contributed by atoms with Crippen LogP contribution in [0.1, 0.15) is 16.0 Å². The van der Waals surface area contributed by atoms with Crippen LogP contribution in [-0.2, 0) is 6.54 Å². The Morgan fingerprint density at radius 2 is 2.21 bits per heavy atom. The standard InChI is InChI=1S/C9H11N3S2/c1-6-7(2)13-4-8(6)3-10-9-12-11-5-14-9/h4-5H,3H2,1-2H3,(H,10,12). The molecule has 74 valence electrons. The molecular weight excluding hydrogens is 214 g/mol. The summed E-state index contributed by atoms with van der Waals surface area (Å²) in [4.78, 5) is 1.39. The molecular formula is C9H11N3S2. The SMILES string of the molecule is Cc1scc(CNc2nncs2)c1C. The van der Waals surface area contributed by atoms with Crippen molar-refractivity contribution in [2.45, 2.75) is 20.4 Å². The minimum atomic E-state index is 0.839. The highest BCUT2D eigenvalue weighted by Gasteiger charge is 2.03. The van der Waals surface area contributed by atoms with E-state index in [1.807, 2.05) is 0 Å². The molecule has 3 nitrogen and oxygen atoms in total. The van der Waals surface area contributed by atoms with Gasteiger partial charge in [0.2, 0.25) is 5.13 Å². The minimum absolute atomic E-state index is 0.839. The highest BCUT2D eigenvalue weighted by atomic mass is 32.1. The van der Waals surface area contributed by atoms with E-state index in [-0.39, 0.29) is 0 Å². The van der Waals surface area contributed by atoms with E-state index in [0.29, 0.717) is 0 Å². The topological polar surface area (TPSA) is 37.8 Å². The van der Waals surface area contributed by atoms with Crippen molar-refractivity contribution in [2.24, 2.45) is 0 Å². The average Bonchev–Trinajstić information content (AvgIpc) is 2.77. The van der Waals surface area contributed by atoms with E-state index in [4.69, 9.17) is 0 Å². The van der Waals surface area contributed by atoms with Gasteiger partial charge in [-0.25, -0.2) is 0 Å². The normalized spacial score (nSPS) is 10.4. The van der Waals surface area contributed by atoms with Crippen LogP contribution >= 0.6 is 22.7 Å². The lowest BCUT2D eigenvalue weighted by atomic mass is 10.2. The third-order valence-corrected chi connectivity index (χ3v) is 3.89. The first-order valence-corrected chi connectivity index (χ1v) is 6.07. The van der Waals surface area contributed by atoms with Crippen LogP contribution in [0, 0.1) is 13.8 Å². The zero-order valence-corrected chi connectivity index (χ0v) is 9.71. The summed E-state index contributed by atoms with van der Waals surface area (Å²) in [5.41, 5.74) is 4.46. The molecule has 0 unspecified atom stereocenters. The first kappa shape index (κ1) is 9.61. The van der Waals surface area contributed by atoms with Crippen LogP contribution in [-0.4, -0.2) is 10.2 Å². The third-order valence-electron chi connectivity index (χ3n) is 2.18. The van der Waals surface area contributed by atoms with Crippen molar-refractivity contribution in [2.75, 3.05) is 5.32 Å². The lowest BCUT2D eigenvalue weighted by molar-refractivity contribution is 1.05. The van der Waals surface area contributed by atoms with E-state index in [0.717, 1.165) is 11.7 Å². The van der Waals surface area contributed by atoms with E-state index in [9.17, 15) is 0 Å². The Hall–Kier alpha value is -0.940. The summed E-state index contributed by atoms with van der Waals surface area (Å²) in [5, 5.41) is 14.0. The summed E-state index contributed by atoms with van der Waals surface area (Å²) in [5.74, 6) is 0. The maximum absolute atomic E-state index is 3.93. The molecule has 2 aromatic rings. The molecule has 0 aliphatic rings. The highest BCUT2D eigenvalue weighted by molar-refractivity contribution is 7.13. The number of nitrogens with one attached hydrogen (secondary N) is 1. The molecule has 0 aliphatic heterocycles. The van der Waals surface area contributed by atoms with Crippen molar-refractivity contribution in [1.29, 1.82) is 0 Å². The summed E-state index contributed by atoms with van der Waals surface area (Å²) in [6, 6.07) is 0. The molecule has 0 bridgehead atoms. The first-order chi connectivity index (χ1) is 6.77. The van der Waals surface area contributed by atoms with Gasteiger partial charge in [0, 0.05) is 11.4 Å². The van der Waals surface area contributed by atoms with E-state index >= 15 is 0 Å². The fraction of sp³-hybridized carbons (Fsp3) is 0.333. The van der Waals surface area contributed by atoms with E-state index in [2.05, 4.69) is 34.7 Å². The Kier molecular flexibility index (Phi) is 2.79. The van der Waals surface area contributed by atoms with Gasteiger partial charge >= 0.3 is 0 Å². The van der Waals surface area contributed by atoms with Gasteiger partial charge in [0.1, 0.15) is 5.51 Å². The Bertz CT molecular complexity index is 406. The molecule has 0 radical (unpaired) electrons. The predicted molar refractivity (Wildman–Crippen MR) is 61.0 cm³/mol. The molecule has 0 aromatic carbocycles. The van der Waals surface area contributed by atoms with E-state index < -0.39 is 0 Å². The second kappa shape index (κ2) is 4.06. The molecule has 0 saturated carbocycles. The van der Waals surface area contributed by atoms with E-state index in [1.54, 1.807) is 16.8 Å². The van der Waals surface area contributed by atoms with Crippen LogP contribution in [0.4, 0.5) is 5.13 Å². The monoisotopic (exact) mass is 225 g/mol. The number of aryl methyl sites for hydroxylation is 1. The number of thiophene rings is 1. The second-order valence-corrected chi connectivity index (χ2v) is 4.96. The van der Waals surface area contributed by atoms with Gasteiger partial charge in [0.15, 0.2) is 0 Å². The molecule has 0 saturated heterocycles. The summed E-state index contributed by atoms with van der Waals surface area (Å²) in [7, 11) is 0. The van der Waals surface area contributed by atoms with Crippen LogP contribution < -0.4 is 5.32 Å². The van der Waals surface area contributed by atoms with Crippen LogP contribution in [0.25, 0.3) is 0 Å². The molecule has 0 aliphatic carbocycles. The van der Waals surface area contributed by atoms with Crippen LogP contribution in [0.5, 0.6) is 0 Å². The Morgan fingerprint density at radius 1 is 1.36 bits per heavy atom. The maximum Gasteiger partial charge on any atom is 0.205 e. The maximum atomic E-state index is 3.93. The highest BCUT2D eigenvalue weighted by Crippen LogP contribution is 2.21. The van der Waals surface area contributed by atoms with Crippen molar-refractivity contribution < 1.29 is 0 Å². The Labute approximate surface area is 90.8 Å². The third kappa shape index (κ3) is 1.93. The molecule has 2 rings (SSSR count). The van der Waals surface area contributed by atoms with Gasteiger partial charge < -0.3 is 5.32 Å². The Morgan fingerprint density at radius 3 is 2.79 bits per heavy atom. The largest absolute Gasteiger partial charge is 0.356 e. The predicted octanol–water partition coefficient (Wildman–Crippen LogP) is 2.83. The average molecular weight is 225 g/mol. The second-order valence-electron chi connectivity index (χ2n) is 3.04. The van der Waals surface area contributed by atoms with Crippen molar-refractivity contribution in [3.8, 4) is 0 Å². The lowest BCUT2D eigenvalue weighted by Crippen LogP contribution is -1.99. The Balaban J connectivity index is 2.02. The number of aromatic nitrogens is 2. The van der Waals surface area contributed by atoms with Crippen LogP contribution in [0.3, 0.4) is 0 Å². The molecule has 0 atom stereocenters. The van der Waals surface area contributed by atoms with Gasteiger partial charge in [-0.05, 0) is 30.4 Å². The van der Waals surface area contributed by atoms with Crippen molar-refractivity contribution in [3.63, 3.8) is 0 Å². The number of rotatable bonds is 3. The quantitative estimate of drug-likeness (QED) is 0.873. The summed E-state index contributed by atoms with van der Waals surface area (Å²) >= 11 is 3.32. The molecule has 1 N–H and O–H groups in total. The first-order valence-electron chi connectivity index (χ1n) is 4.31. The molecule has 0 fully saturated rings. The zero-order valence-electron chi connectivity index (χ0n) is 8.07. The molecule has 2 aromatic heterocycles. The van der Waals surface area contributed by atoms with Gasteiger partial charge in [-0.1, -0.05) is 11.3 Å². The summed E-state index contributed by atoms with van der Waals surface area (Å²) in [6.07, 6.45) is 0. The van der Waals surface area contributed by atoms with Gasteiger partial charge in [0.25, 0.3) is 0 Å². The number of nitrogens with zero attached hydrogens (tertiary/aromatic N) is 2. The molecule has 2 heterocycles. The van der Waals surface area contributed by atoms with Crippen LogP contribution in [0.15, 0.2) is 10.9 Å². The molecule has 0 amide bonds. The van der Waals surface area contributed by atoms with Crippen molar-refractivity contribution in [3.05, 3.63) is 26.9 Å². The van der Waals surface area contributed by atoms with Gasteiger partial charge in [0.05, 0.1) is 0 Å². The number of anilines is 1. The fourth-order valence-electron chi connectivity index (χ4n) is 1.16. The number of hydrogen-bond acceptors (Lipinski definition) is 5. The zero-order chi connectivity index (χ0) is 9.97. The van der Waals surface area contributed by atoms with Gasteiger partial charge in [-0.15, -0.1) is 21.5 Å². The van der Waals surface area contributed by atoms with E-state index in [1.165, 1.54) is 27.3 Å². The minimum Gasteiger partial charge on any atom is -0.356 e. The summed E-state index contributed by atoms with van der Waals surface area (Å²) < 4.78 is 0. The van der Waals surface area contributed by atoms with Crippen LogP contribution in [0.2, 0.25) is 0 Å². The van der Waals surface area contributed by atoms with Gasteiger partial charge in [-0.2, -0.15) is 0 Å². The molecule has 14 heavy (non-hydrogen) atoms. The smallest absolute Gasteiger partial charge is 0.205 e.